The lowest BCUT2D eigenvalue weighted by molar-refractivity contribution is -0.142. The van der Waals surface area contributed by atoms with Crippen LogP contribution in [0.2, 0.25) is 0 Å². The van der Waals surface area contributed by atoms with Crippen molar-refractivity contribution in [2.75, 3.05) is 32.1 Å². The predicted octanol–water partition coefficient (Wildman–Crippen LogP) is 2.49. The molecule has 1 aliphatic rings. The first-order valence-electron chi connectivity index (χ1n) is 10.5. The summed E-state index contributed by atoms with van der Waals surface area (Å²) in [5.74, 6) is -1.04. The number of carbonyl (C=O) groups is 2. The predicted molar refractivity (Wildman–Crippen MR) is 116 cm³/mol. The van der Waals surface area contributed by atoms with E-state index in [9.17, 15) is 22.8 Å². The van der Waals surface area contributed by atoms with Crippen molar-refractivity contribution in [2.24, 2.45) is 5.92 Å². The van der Waals surface area contributed by atoms with E-state index in [-0.39, 0.29) is 30.2 Å². The zero-order valence-corrected chi connectivity index (χ0v) is 18.4. The Labute approximate surface area is 188 Å². The molecular formula is C21H27F3N6O3. The molecule has 3 rings (SSSR count). The maximum absolute atomic E-state index is 12.6. The first kappa shape index (κ1) is 24.5. The molecule has 33 heavy (non-hydrogen) atoms. The van der Waals surface area contributed by atoms with Crippen LogP contribution >= 0.6 is 0 Å². The fraction of sp³-hybridized carbons (Fsp3) is 0.524. The van der Waals surface area contributed by atoms with E-state index in [0.717, 1.165) is 0 Å². The number of ether oxygens (including phenoxy) is 1. The van der Waals surface area contributed by atoms with Gasteiger partial charge >= 0.3 is 6.18 Å². The first-order chi connectivity index (χ1) is 15.6. The molecule has 0 bridgehead atoms. The summed E-state index contributed by atoms with van der Waals surface area (Å²) in [5.41, 5.74) is 0.869. The number of likely N-dealkylation sites (tertiary alicyclic amines) is 1. The minimum Gasteiger partial charge on any atom is -0.377 e. The van der Waals surface area contributed by atoms with Gasteiger partial charge in [-0.3, -0.25) is 9.59 Å². The third-order valence-corrected chi connectivity index (χ3v) is 5.50. The van der Waals surface area contributed by atoms with Gasteiger partial charge < -0.3 is 25.3 Å². The van der Waals surface area contributed by atoms with Gasteiger partial charge in [0.2, 0.25) is 5.91 Å². The minimum atomic E-state index is -4.29. The molecule has 3 atom stereocenters. The topological polar surface area (TPSA) is 112 Å². The van der Waals surface area contributed by atoms with Gasteiger partial charge in [-0.2, -0.15) is 13.2 Å². The number of methoxy groups -OCH3 is 1. The summed E-state index contributed by atoms with van der Waals surface area (Å²) in [6, 6.07) is -0.143. The van der Waals surface area contributed by atoms with Crippen LogP contribution in [0.15, 0.2) is 25.0 Å². The molecule has 2 amide bonds. The Bertz CT molecular complexity index is 1010. The Morgan fingerprint density at radius 3 is 2.88 bits per heavy atom. The highest BCUT2D eigenvalue weighted by Gasteiger charge is 2.32. The summed E-state index contributed by atoms with van der Waals surface area (Å²) < 4.78 is 43.1. The van der Waals surface area contributed by atoms with E-state index in [2.05, 4.69) is 32.2 Å². The van der Waals surface area contributed by atoms with Gasteiger partial charge in [0, 0.05) is 39.4 Å². The molecule has 2 aromatic rings. The van der Waals surface area contributed by atoms with Crippen molar-refractivity contribution in [1.29, 1.82) is 0 Å². The third kappa shape index (κ3) is 6.21. The molecule has 2 unspecified atom stereocenters. The van der Waals surface area contributed by atoms with Crippen molar-refractivity contribution in [1.82, 2.24) is 25.2 Å². The van der Waals surface area contributed by atoms with Crippen LogP contribution in [-0.2, 0) is 9.53 Å². The van der Waals surface area contributed by atoms with Crippen molar-refractivity contribution in [3.63, 3.8) is 0 Å². The number of anilines is 1. The van der Waals surface area contributed by atoms with Gasteiger partial charge in [-0.1, -0.05) is 13.5 Å². The molecule has 1 fully saturated rings. The number of aromatic amines is 1. The molecule has 12 heteroatoms. The van der Waals surface area contributed by atoms with E-state index in [1.54, 1.807) is 12.0 Å². The van der Waals surface area contributed by atoms with Gasteiger partial charge in [0.15, 0.2) is 5.65 Å². The smallest absolute Gasteiger partial charge is 0.377 e. The molecule has 0 radical (unpaired) electrons. The van der Waals surface area contributed by atoms with Gasteiger partial charge in [0.1, 0.15) is 11.3 Å². The Morgan fingerprint density at radius 1 is 1.45 bits per heavy atom. The van der Waals surface area contributed by atoms with Crippen LogP contribution in [0.3, 0.4) is 0 Å². The van der Waals surface area contributed by atoms with Gasteiger partial charge in [-0.25, -0.2) is 9.97 Å². The van der Waals surface area contributed by atoms with E-state index in [0.29, 0.717) is 36.5 Å². The van der Waals surface area contributed by atoms with Crippen LogP contribution in [0, 0.1) is 5.92 Å². The Hall–Kier alpha value is -3.15. The number of halogens is 3. The van der Waals surface area contributed by atoms with Gasteiger partial charge in [-0.05, 0) is 18.4 Å². The number of alkyl halides is 3. The molecule has 3 N–H and O–H groups in total. The van der Waals surface area contributed by atoms with E-state index in [1.165, 1.54) is 25.4 Å². The maximum Gasteiger partial charge on any atom is 0.389 e. The number of fused-ring (bicyclic) bond motifs is 1. The number of hydrogen-bond donors (Lipinski definition) is 3. The molecule has 3 heterocycles. The van der Waals surface area contributed by atoms with Crippen molar-refractivity contribution in [3.05, 3.63) is 30.6 Å². The standard InChI is InChI=1S/C21H27F3N6O3/c1-4-17(31)30-6-5-14(15(11-30)33-3)28-16-10-26-19-18(29-16)13(9-25-19)20(32)27-8-12(2)7-21(22,23)24/h4,9-10,12,14-15H,1,5-8,11H2,2-3H3,(H,25,26)(H,27,32)(H,28,29)/t12-,14?,15?/m1/s1. The normalized spacial score (nSPS) is 19.8. The molecule has 2 aromatic heterocycles. The highest BCUT2D eigenvalue weighted by atomic mass is 19.4. The summed E-state index contributed by atoms with van der Waals surface area (Å²) in [6.45, 7) is 5.72. The lowest BCUT2D eigenvalue weighted by Gasteiger charge is -2.37. The number of H-pyrrole nitrogens is 1. The minimum absolute atomic E-state index is 0.117. The molecule has 0 spiro atoms. The summed E-state index contributed by atoms with van der Waals surface area (Å²) >= 11 is 0. The summed E-state index contributed by atoms with van der Waals surface area (Å²) in [4.78, 5) is 37.7. The highest BCUT2D eigenvalue weighted by molar-refractivity contribution is 6.04. The Morgan fingerprint density at radius 2 is 2.21 bits per heavy atom. The molecule has 1 saturated heterocycles. The SMILES string of the molecule is C=CC(=O)N1CCC(Nc2cnc3[nH]cc(C(=O)NC[C@H](C)CC(F)(F)F)c3n2)C(OC)C1. The van der Waals surface area contributed by atoms with E-state index < -0.39 is 24.4 Å². The van der Waals surface area contributed by atoms with E-state index >= 15 is 0 Å². The molecule has 0 saturated carbocycles. The van der Waals surface area contributed by atoms with E-state index in [4.69, 9.17) is 4.74 Å². The fourth-order valence-electron chi connectivity index (χ4n) is 3.80. The average molecular weight is 468 g/mol. The number of aromatic nitrogens is 3. The summed E-state index contributed by atoms with van der Waals surface area (Å²) in [5, 5.41) is 5.78. The summed E-state index contributed by atoms with van der Waals surface area (Å²) in [7, 11) is 1.56. The van der Waals surface area contributed by atoms with Crippen LogP contribution in [0.1, 0.15) is 30.1 Å². The molecule has 0 aromatic carbocycles. The lowest BCUT2D eigenvalue weighted by atomic mass is 10.0. The van der Waals surface area contributed by atoms with Crippen LogP contribution in [0.5, 0.6) is 0 Å². The number of carbonyl (C=O) groups excluding carboxylic acids is 2. The number of amides is 2. The second-order valence-corrected chi connectivity index (χ2v) is 8.09. The van der Waals surface area contributed by atoms with Crippen LogP contribution in [0.4, 0.5) is 19.0 Å². The number of nitrogens with one attached hydrogen (secondary N) is 3. The molecule has 9 nitrogen and oxygen atoms in total. The number of piperidine rings is 1. The Balaban J connectivity index is 1.68. The largest absolute Gasteiger partial charge is 0.389 e. The fourth-order valence-corrected chi connectivity index (χ4v) is 3.80. The maximum atomic E-state index is 12.6. The molecule has 1 aliphatic heterocycles. The van der Waals surface area contributed by atoms with E-state index in [1.807, 2.05) is 0 Å². The monoisotopic (exact) mass is 468 g/mol. The second kappa shape index (κ2) is 10.2. The average Bonchev–Trinajstić information content (AvgIpc) is 3.19. The van der Waals surface area contributed by atoms with Crippen LogP contribution in [-0.4, -0.2) is 76.7 Å². The van der Waals surface area contributed by atoms with Gasteiger partial charge in [0.05, 0.1) is 23.9 Å². The highest BCUT2D eigenvalue weighted by Crippen LogP contribution is 2.24. The molecule has 0 aliphatic carbocycles. The Kier molecular flexibility index (Phi) is 7.57. The quantitative estimate of drug-likeness (QED) is 0.514. The van der Waals surface area contributed by atoms with Crippen molar-refractivity contribution < 1.29 is 27.5 Å². The molecular weight excluding hydrogens is 441 g/mol. The van der Waals surface area contributed by atoms with Crippen molar-refractivity contribution in [3.8, 4) is 0 Å². The van der Waals surface area contributed by atoms with Gasteiger partial charge in [0.25, 0.3) is 5.91 Å². The van der Waals surface area contributed by atoms with Crippen molar-refractivity contribution >= 4 is 28.8 Å². The zero-order valence-electron chi connectivity index (χ0n) is 18.4. The second-order valence-electron chi connectivity index (χ2n) is 8.09. The number of nitrogens with zero attached hydrogens (tertiary/aromatic N) is 3. The lowest BCUT2D eigenvalue weighted by Crippen LogP contribution is -2.52. The number of rotatable bonds is 8. The van der Waals surface area contributed by atoms with Crippen molar-refractivity contribution in [2.45, 2.75) is 38.1 Å². The van der Waals surface area contributed by atoms with Crippen LogP contribution < -0.4 is 10.6 Å². The molecule has 180 valence electrons. The summed E-state index contributed by atoms with van der Waals surface area (Å²) in [6.07, 6.45) is -0.740. The van der Waals surface area contributed by atoms with Gasteiger partial charge in [-0.15, -0.1) is 0 Å². The zero-order chi connectivity index (χ0) is 24.2. The van der Waals surface area contributed by atoms with Crippen LogP contribution in [0.25, 0.3) is 11.2 Å². The third-order valence-electron chi connectivity index (χ3n) is 5.50. The number of hydrogen-bond acceptors (Lipinski definition) is 6. The first-order valence-corrected chi connectivity index (χ1v) is 10.5.